The Kier molecular flexibility index (Phi) is 3.09. The fourth-order valence-corrected chi connectivity index (χ4v) is 0.989. The van der Waals surface area contributed by atoms with Crippen molar-refractivity contribution in [1.29, 1.82) is 0 Å². The lowest BCUT2D eigenvalue weighted by Gasteiger charge is -2.16. The average Bonchev–Trinajstić information content (AvgIpc) is 1.91. The maximum atomic E-state index is 12.8. The molecule has 0 spiro atoms. The fraction of sp³-hybridized carbons (Fsp3) is 0.143. The molecule has 0 aliphatic heterocycles. The zero-order valence-corrected chi connectivity index (χ0v) is 8.64. The van der Waals surface area contributed by atoms with Crippen LogP contribution in [0.5, 0.6) is 5.75 Å². The predicted octanol–water partition coefficient (Wildman–Crippen LogP) is 1.19. The molecule has 2 radical (unpaired) electrons. The van der Waals surface area contributed by atoms with E-state index in [0.717, 1.165) is 0 Å². The summed E-state index contributed by atoms with van der Waals surface area (Å²) in [6, 6.07) is 6.52. The molecule has 0 heterocycles. The summed E-state index contributed by atoms with van der Waals surface area (Å²) < 4.78 is 17.7. The molecule has 12 heavy (non-hydrogen) atoms. The van der Waals surface area contributed by atoms with Crippen molar-refractivity contribution in [3.63, 3.8) is 0 Å². The second-order valence-electron chi connectivity index (χ2n) is 2.37. The van der Waals surface area contributed by atoms with Gasteiger partial charge in [-0.2, -0.15) is 4.39 Å². The Balaban J connectivity index is 2.71. The lowest BCUT2D eigenvalue weighted by molar-refractivity contribution is 0.117. The van der Waals surface area contributed by atoms with Gasteiger partial charge in [-0.25, -0.2) is 0 Å². The highest BCUT2D eigenvalue weighted by Gasteiger charge is 2.16. The second kappa shape index (κ2) is 3.72. The molecule has 1 nitrogen and oxygen atoms in total. The molecule has 1 aromatic rings. The first-order valence-electron chi connectivity index (χ1n) is 3.28. The zero-order chi connectivity index (χ0) is 9.19. The van der Waals surface area contributed by atoms with Gasteiger partial charge < -0.3 is 4.74 Å². The van der Waals surface area contributed by atoms with Gasteiger partial charge in [0, 0.05) is 0 Å². The monoisotopic (exact) mass is 200 g/mol. The van der Waals surface area contributed by atoms with Crippen LogP contribution in [0.15, 0.2) is 24.3 Å². The molecule has 0 amide bonds. The van der Waals surface area contributed by atoms with Crippen LogP contribution in [-0.4, -0.2) is 13.2 Å². The standard InChI is InChI=1S/C7H8BFOP2/c8-5-1-3-6(4-2-5)10-7(9,11)12/h1-4H,11-12H2. The molecule has 0 saturated heterocycles. The van der Waals surface area contributed by atoms with Crippen molar-refractivity contribution in [1.82, 2.24) is 0 Å². The van der Waals surface area contributed by atoms with E-state index in [2.05, 4.69) is 0 Å². The van der Waals surface area contributed by atoms with Crippen LogP contribution in [0.25, 0.3) is 0 Å². The third-order valence-electron chi connectivity index (χ3n) is 1.15. The molecule has 1 aromatic carbocycles. The molecule has 0 aromatic heterocycles. The Bertz CT molecular complexity index is 257. The maximum Gasteiger partial charge on any atom is 0.270 e. The fourth-order valence-electron chi connectivity index (χ4n) is 0.716. The van der Waals surface area contributed by atoms with Crippen molar-refractivity contribution in [3.05, 3.63) is 24.3 Å². The van der Waals surface area contributed by atoms with Gasteiger partial charge in [0.1, 0.15) is 13.6 Å². The quantitative estimate of drug-likeness (QED) is 0.514. The number of alkyl halides is 1. The normalized spacial score (nSPS) is 11.2. The molecule has 0 aliphatic carbocycles. The van der Waals surface area contributed by atoms with E-state index in [0.29, 0.717) is 11.2 Å². The van der Waals surface area contributed by atoms with E-state index in [-0.39, 0.29) is 0 Å². The van der Waals surface area contributed by atoms with Gasteiger partial charge in [-0.15, -0.1) is 0 Å². The van der Waals surface area contributed by atoms with Crippen LogP contribution < -0.4 is 10.2 Å². The summed E-state index contributed by atoms with van der Waals surface area (Å²) in [5, 5.41) is -1.81. The van der Waals surface area contributed by atoms with E-state index in [4.69, 9.17) is 12.6 Å². The Morgan fingerprint density at radius 2 is 1.75 bits per heavy atom. The molecule has 2 unspecified atom stereocenters. The molecule has 0 aliphatic rings. The number of hydrogen-bond donors (Lipinski definition) is 0. The lowest BCUT2D eigenvalue weighted by atomic mass is 9.97. The minimum atomic E-state index is -1.81. The first-order valence-corrected chi connectivity index (χ1v) is 4.44. The van der Waals surface area contributed by atoms with Gasteiger partial charge in [-0.1, -0.05) is 17.6 Å². The van der Waals surface area contributed by atoms with E-state index >= 15 is 0 Å². The summed E-state index contributed by atoms with van der Waals surface area (Å²) in [5.41, 5.74) is 0.624. The van der Waals surface area contributed by atoms with Gasteiger partial charge in [0.05, 0.1) is 0 Å². The lowest BCUT2D eigenvalue weighted by Crippen LogP contribution is -2.13. The molecule has 62 valence electrons. The van der Waals surface area contributed by atoms with Crippen LogP contribution in [0, 0.1) is 0 Å². The first-order chi connectivity index (χ1) is 5.47. The summed E-state index contributed by atoms with van der Waals surface area (Å²) in [4.78, 5) is 0. The van der Waals surface area contributed by atoms with Crippen LogP contribution >= 0.6 is 18.5 Å². The minimum absolute atomic E-state index is 0.441. The van der Waals surface area contributed by atoms with E-state index in [9.17, 15) is 4.39 Å². The number of benzene rings is 1. The van der Waals surface area contributed by atoms with Crippen LogP contribution in [-0.2, 0) is 0 Å². The topological polar surface area (TPSA) is 9.23 Å². The largest absolute Gasteiger partial charge is 0.452 e. The van der Waals surface area contributed by atoms with E-state index in [1.807, 2.05) is 18.5 Å². The van der Waals surface area contributed by atoms with Gasteiger partial charge in [0.15, 0.2) is 0 Å². The molecular formula is C7H8BFOP2. The highest BCUT2D eigenvalue weighted by Crippen LogP contribution is 2.31. The number of hydrogen-bond acceptors (Lipinski definition) is 1. The third kappa shape index (κ3) is 3.52. The highest BCUT2D eigenvalue weighted by molar-refractivity contribution is 7.38. The van der Waals surface area contributed by atoms with Gasteiger partial charge in [-0.05, 0) is 30.6 Å². The van der Waals surface area contributed by atoms with Crippen LogP contribution in [0.2, 0.25) is 0 Å². The average molecular weight is 200 g/mol. The van der Waals surface area contributed by atoms with Crippen LogP contribution in [0.4, 0.5) is 4.39 Å². The summed E-state index contributed by atoms with van der Waals surface area (Å²) in [7, 11) is 9.27. The summed E-state index contributed by atoms with van der Waals surface area (Å²) >= 11 is 0. The van der Waals surface area contributed by atoms with Crippen molar-refractivity contribution in [3.8, 4) is 5.75 Å². The summed E-state index contributed by atoms with van der Waals surface area (Å²) in [6.07, 6.45) is 0. The number of halogens is 1. The molecular weight excluding hydrogens is 192 g/mol. The molecule has 2 atom stereocenters. The van der Waals surface area contributed by atoms with Gasteiger partial charge >= 0.3 is 0 Å². The Hall–Kier alpha value is -0.125. The zero-order valence-electron chi connectivity index (χ0n) is 6.33. The molecule has 0 bridgehead atoms. The minimum Gasteiger partial charge on any atom is -0.452 e. The summed E-state index contributed by atoms with van der Waals surface area (Å²) in [5.74, 6) is 0.441. The molecule has 1 rings (SSSR count). The smallest absolute Gasteiger partial charge is 0.270 e. The maximum absolute atomic E-state index is 12.8. The van der Waals surface area contributed by atoms with Crippen molar-refractivity contribution >= 4 is 31.8 Å². The molecule has 0 saturated carbocycles. The molecule has 0 N–H and O–H groups in total. The summed E-state index contributed by atoms with van der Waals surface area (Å²) in [6.45, 7) is 0. The van der Waals surface area contributed by atoms with Gasteiger partial charge in [0.25, 0.3) is 5.34 Å². The Labute approximate surface area is 76.9 Å². The van der Waals surface area contributed by atoms with Crippen molar-refractivity contribution in [2.75, 3.05) is 0 Å². The Morgan fingerprint density at radius 3 is 2.17 bits per heavy atom. The third-order valence-corrected chi connectivity index (χ3v) is 1.39. The van der Waals surface area contributed by atoms with Gasteiger partial charge in [-0.3, -0.25) is 0 Å². The number of rotatable bonds is 2. The van der Waals surface area contributed by atoms with E-state index in [1.165, 1.54) is 0 Å². The predicted molar refractivity (Wildman–Crippen MR) is 55.7 cm³/mol. The Morgan fingerprint density at radius 1 is 1.25 bits per heavy atom. The molecule has 5 heteroatoms. The van der Waals surface area contributed by atoms with Crippen LogP contribution in [0.3, 0.4) is 0 Å². The van der Waals surface area contributed by atoms with E-state index < -0.39 is 5.34 Å². The molecule has 0 fully saturated rings. The van der Waals surface area contributed by atoms with Crippen molar-refractivity contribution in [2.24, 2.45) is 0 Å². The first kappa shape index (κ1) is 9.96. The van der Waals surface area contributed by atoms with E-state index in [1.54, 1.807) is 24.3 Å². The van der Waals surface area contributed by atoms with Crippen LogP contribution in [0.1, 0.15) is 0 Å². The second-order valence-corrected chi connectivity index (χ2v) is 4.61. The van der Waals surface area contributed by atoms with Gasteiger partial charge in [0.2, 0.25) is 0 Å². The van der Waals surface area contributed by atoms with Crippen molar-refractivity contribution in [2.45, 2.75) is 5.34 Å². The highest BCUT2D eigenvalue weighted by atomic mass is 31.1. The SMILES string of the molecule is [B]c1ccc(OC(F)(P)P)cc1. The number of ether oxygens (including phenoxy) is 1. The van der Waals surface area contributed by atoms with Crippen molar-refractivity contribution < 1.29 is 9.13 Å².